The van der Waals surface area contributed by atoms with E-state index in [1.54, 1.807) is 0 Å². The topological polar surface area (TPSA) is 55.4 Å². The van der Waals surface area contributed by atoms with Crippen molar-refractivity contribution in [2.24, 2.45) is 11.8 Å². The van der Waals surface area contributed by atoms with Crippen LogP contribution in [0.25, 0.3) is 0 Å². The van der Waals surface area contributed by atoms with Gasteiger partial charge < -0.3 is 10.1 Å². The van der Waals surface area contributed by atoms with E-state index in [1.807, 2.05) is 6.92 Å². The highest BCUT2D eigenvalue weighted by atomic mass is 32.2. The molecule has 3 aliphatic rings. The lowest BCUT2D eigenvalue weighted by Crippen LogP contribution is -2.39. The Bertz CT molecular complexity index is 402. The molecule has 3 fully saturated rings. The van der Waals surface area contributed by atoms with Gasteiger partial charge in [-0.3, -0.25) is 0 Å². The van der Waals surface area contributed by atoms with Crippen LogP contribution in [0.3, 0.4) is 0 Å². The van der Waals surface area contributed by atoms with Crippen LogP contribution in [0.4, 0.5) is 0 Å². The van der Waals surface area contributed by atoms with Crippen molar-refractivity contribution in [3.05, 3.63) is 0 Å². The van der Waals surface area contributed by atoms with Gasteiger partial charge in [-0.15, -0.1) is 0 Å². The lowest BCUT2D eigenvalue weighted by atomic mass is 10.1. The van der Waals surface area contributed by atoms with Crippen LogP contribution in [0, 0.1) is 11.8 Å². The van der Waals surface area contributed by atoms with Crippen molar-refractivity contribution in [3.8, 4) is 0 Å². The molecule has 2 atom stereocenters. The molecule has 2 saturated carbocycles. The van der Waals surface area contributed by atoms with Gasteiger partial charge in [0.05, 0.1) is 17.1 Å². The van der Waals surface area contributed by atoms with Gasteiger partial charge in [-0.25, -0.2) is 8.42 Å². The first-order chi connectivity index (χ1) is 9.08. The zero-order valence-electron chi connectivity index (χ0n) is 11.7. The van der Waals surface area contributed by atoms with Crippen molar-refractivity contribution in [2.75, 3.05) is 18.9 Å². The second-order valence-corrected chi connectivity index (χ2v) is 8.76. The molecule has 0 bridgehead atoms. The standard InChI is InChI=1S/C14H25NO3S/c1-10-13(6-8-18-10)19(16,17)9-7-15-14(11-2-3-11)12-4-5-12/h10-15H,2-9H2,1H3. The Morgan fingerprint density at radius 1 is 1.16 bits per heavy atom. The van der Waals surface area contributed by atoms with E-state index >= 15 is 0 Å². The van der Waals surface area contributed by atoms with E-state index in [9.17, 15) is 8.42 Å². The molecule has 1 heterocycles. The lowest BCUT2D eigenvalue weighted by Gasteiger charge is -2.19. The maximum atomic E-state index is 12.3. The third-order valence-corrected chi connectivity index (χ3v) is 7.11. The maximum Gasteiger partial charge on any atom is 0.157 e. The van der Waals surface area contributed by atoms with E-state index in [0.29, 0.717) is 25.6 Å². The summed E-state index contributed by atoms with van der Waals surface area (Å²) >= 11 is 0. The van der Waals surface area contributed by atoms with Crippen LogP contribution in [0.15, 0.2) is 0 Å². The summed E-state index contributed by atoms with van der Waals surface area (Å²) in [6.45, 7) is 3.08. The van der Waals surface area contributed by atoms with Crippen LogP contribution >= 0.6 is 0 Å². The fourth-order valence-corrected chi connectivity index (χ4v) is 5.15. The molecule has 0 aromatic rings. The Kier molecular flexibility index (Phi) is 3.89. The Hall–Kier alpha value is -0.130. The van der Waals surface area contributed by atoms with Crippen molar-refractivity contribution < 1.29 is 13.2 Å². The highest BCUT2D eigenvalue weighted by Crippen LogP contribution is 2.44. The molecule has 4 nitrogen and oxygen atoms in total. The van der Waals surface area contributed by atoms with Gasteiger partial charge in [0, 0.05) is 19.2 Å². The van der Waals surface area contributed by atoms with E-state index in [-0.39, 0.29) is 17.1 Å². The predicted molar refractivity (Wildman–Crippen MR) is 74.8 cm³/mol. The average Bonchev–Trinajstić information content (AvgIpc) is 3.25. The molecule has 3 rings (SSSR count). The molecule has 0 amide bonds. The predicted octanol–water partition coefficient (Wildman–Crippen LogP) is 1.36. The lowest BCUT2D eigenvalue weighted by molar-refractivity contribution is 0.126. The highest BCUT2D eigenvalue weighted by molar-refractivity contribution is 7.92. The molecule has 2 unspecified atom stereocenters. The largest absolute Gasteiger partial charge is 0.377 e. The van der Waals surface area contributed by atoms with Gasteiger partial charge in [-0.2, -0.15) is 0 Å². The molecule has 2 aliphatic carbocycles. The summed E-state index contributed by atoms with van der Waals surface area (Å²) in [5.41, 5.74) is 0. The fraction of sp³-hybridized carbons (Fsp3) is 1.00. The summed E-state index contributed by atoms with van der Waals surface area (Å²) in [5.74, 6) is 1.91. The molecule has 110 valence electrons. The van der Waals surface area contributed by atoms with E-state index in [4.69, 9.17) is 4.74 Å². The Balaban J connectivity index is 1.48. The number of nitrogens with one attached hydrogen (secondary N) is 1. The molecule has 1 aliphatic heterocycles. The van der Waals surface area contributed by atoms with E-state index in [0.717, 1.165) is 11.8 Å². The quantitative estimate of drug-likeness (QED) is 0.768. The summed E-state index contributed by atoms with van der Waals surface area (Å²) in [7, 11) is -3.00. The molecule has 19 heavy (non-hydrogen) atoms. The third-order valence-electron chi connectivity index (χ3n) is 4.79. The summed E-state index contributed by atoms with van der Waals surface area (Å²) in [6.07, 6.45) is 5.84. The minimum Gasteiger partial charge on any atom is -0.377 e. The first-order valence-corrected chi connectivity index (χ1v) is 9.36. The number of rotatable bonds is 7. The monoisotopic (exact) mass is 287 g/mol. The van der Waals surface area contributed by atoms with Gasteiger partial charge in [0.2, 0.25) is 0 Å². The Morgan fingerprint density at radius 2 is 1.79 bits per heavy atom. The van der Waals surface area contributed by atoms with E-state index in [2.05, 4.69) is 5.32 Å². The molecule has 1 N–H and O–H groups in total. The van der Waals surface area contributed by atoms with Gasteiger partial charge in [0.15, 0.2) is 9.84 Å². The van der Waals surface area contributed by atoms with Crippen molar-refractivity contribution in [3.63, 3.8) is 0 Å². The van der Waals surface area contributed by atoms with Gasteiger partial charge in [0.1, 0.15) is 0 Å². The van der Waals surface area contributed by atoms with Crippen LogP contribution < -0.4 is 5.32 Å². The van der Waals surface area contributed by atoms with Crippen molar-refractivity contribution in [1.82, 2.24) is 5.32 Å². The Labute approximate surface area is 116 Å². The summed E-state index contributed by atoms with van der Waals surface area (Å²) in [5, 5.41) is 3.24. The minimum absolute atomic E-state index is 0.132. The summed E-state index contributed by atoms with van der Waals surface area (Å²) < 4.78 is 29.9. The van der Waals surface area contributed by atoms with Gasteiger partial charge >= 0.3 is 0 Å². The molecule has 0 aromatic heterocycles. The smallest absolute Gasteiger partial charge is 0.157 e. The minimum atomic E-state index is -3.00. The molecular weight excluding hydrogens is 262 g/mol. The van der Waals surface area contributed by atoms with Crippen molar-refractivity contribution in [2.45, 2.75) is 56.4 Å². The SMILES string of the molecule is CC1OCCC1S(=O)(=O)CCNC(C1CC1)C1CC1. The van der Waals surface area contributed by atoms with Gasteiger partial charge in [-0.1, -0.05) is 0 Å². The van der Waals surface area contributed by atoms with Crippen LogP contribution in [-0.2, 0) is 14.6 Å². The number of sulfone groups is 1. The highest BCUT2D eigenvalue weighted by Gasteiger charge is 2.41. The first kappa shape index (κ1) is 13.8. The second kappa shape index (κ2) is 5.34. The molecule has 5 heteroatoms. The first-order valence-electron chi connectivity index (χ1n) is 7.64. The summed E-state index contributed by atoms with van der Waals surface area (Å²) in [6, 6.07) is 0.590. The average molecular weight is 287 g/mol. The molecule has 0 spiro atoms. The van der Waals surface area contributed by atoms with Crippen LogP contribution in [0.1, 0.15) is 39.0 Å². The van der Waals surface area contributed by atoms with Crippen molar-refractivity contribution in [1.29, 1.82) is 0 Å². The van der Waals surface area contributed by atoms with Crippen LogP contribution in [0.5, 0.6) is 0 Å². The van der Waals surface area contributed by atoms with E-state index in [1.165, 1.54) is 25.7 Å². The number of ether oxygens (including phenoxy) is 1. The third kappa shape index (κ3) is 3.31. The molecule has 0 radical (unpaired) electrons. The molecule has 1 saturated heterocycles. The fourth-order valence-electron chi connectivity index (χ4n) is 3.33. The van der Waals surface area contributed by atoms with E-state index < -0.39 is 9.84 Å². The normalized spacial score (nSPS) is 32.1. The molecule has 0 aromatic carbocycles. The number of hydrogen-bond donors (Lipinski definition) is 1. The van der Waals surface area contributed by atoms with Gasteiger partial charge in [-0.05, 0) is 50.9 Å². The zero-order chi connectivity index (χ0) is 13.5. The summed E-state index contributed by atoms with van der Waals surface area (Å²) in [4.78, 5) is 0. The zero-order valence-corrected chi connectivity index (χ0v) is 12.5. The van der Waals surface area contributed by atoms with Crippen LogP contribution in [0.2, 0.25) is 0 Å². The number of hydrogen-bond acceptors (Lipinski definition) is 4. The second-order valence-electron chi connectivity index (χ2n) is 6.42. The Morgan fingerprint density at radius 3 is 2.26 bits per heavy atom. The maximum absolute atomic E-state index is 12.3. The van der Waals surface area contributed by atoms with Gasteiger partial charge in [0.25, 0.3) is 0 Å². The van der Waals surface area contributed by atoms with Crippen LogP contribution in [-0.4, -0.2) is 44.7 Å². The molecular formula is C14H25NO3S. The van der Waals surface area contributed by atoms with Crippen molar-refractivity contribution >= 4 is 9.84 Å².